The molecule has 7 heteroatoms. The Balaban J connectivity index is 1.74. The molecular weight excluding hydrogens is 342 g/mol. The Morgan fingerprint density at radius 2 is 1.93 bits per heavy atom. The van der Waals surface area contributed by atoms with Crippen molar-refractivity contribution in [2.45, 2.75) is 20.4 Å². The highest BCUT2D eigenvalue weighted by Gasteiger charge is 2.19. The lowest BCUT2D eigenvalue weighted by molar-refractivity contribution is -0.121. The first-order chi connectivity index (χ1) is 13.2. The van der Waals surface area contributed by atoms with Gasteiger partial charge in [-0.3, -0.25) is 9.48 Å². The fourth-order valence-electron chi connectivity index (χ4n) is 2.93. The van der Waals surface area contributed by atoms with Crippen molar-refractivity contribution in [2.75, 3.05) is 6.54 Å². The molecular formula is C20H19N5O2. The van der Waals surface area contributed by atoms with Crippen molar-refractivity contribution in [2.24, 2.45) is 0 Å². The van der Waals surface area contributed by atoms with Crippen LogP contribution in [-0.2, 0) is 11.3 Å². The van der Waals surface area contributed by atoms with E-state index in [0.29, 0.717) is 24.0 Å². The van der Waals surface area contributed by atoms with Crippen LogP contribution in [0.2, 0.25) is 0 Å². The van der Waals surface area contributed by atoms with Gasteiger partial charge in [0.05, 0.1) is 5.52 Å². The molecule has 0 saturated carbocycles. The zero-order valence-electron chi connectivity index (χ0n) is 15.1. The van der Waals surface area contributed by atoms with E-state index in [1.165, 1.54) is 0 Å². The summed E-state index contributed by atoms with van der Waals surface area (Å²) in [6.07, 6.45) is 0. The number of carbonyl (C=O) groups excluding carboxylic acids is 1. The number of fused-ring (bicyclic) bond motifs is 1. The third-order valence-electron chi connectivity index (χ3n) is 4.26. The molecule has 136 valence electrons. The molecule has 0 fully saturated rings. The predicted octanol–water partition coefficient (Wildman–Crippen LogP) is 3.20. The average molecular weight is 361 g/mol. The van der Waals surface area contributed by atoms with E-state index in [1.807, 2.05) is 62.4 Å². The molecule has 0 unspecified atom stereocenters. The van der Waals surface area contributed by atoms with Crippen LogP contribution in [0.4, 0.5) is 0 Å². The summed E-state index contributed by atoms with van der Waals surface area (Å²) in [5.41, 5.74) is 3.45. The van der Waals surface area contributed by atoms with E-state index in [2.05, 4.69) is 20.6 Å². The van der Waals surface area contributed by atoms with Crippen molar-refractivity contribution in [3.05, 3.63) is 54.1 Å². The topological polar surface area (TPSA) is 85.8 Å². The van der Waals surface area contributed by atoms with E-state index < -0.39 is 0 Å². The number of aryl methyl sites for hydroxylation is 1. The first-order valence-electron chi connectivity index (χ1n) is 8.79. The first-order valence-corrected chi connectivity index (χ1v) is 8.79. The molecule has 2 aromatic heterocycles. The van der Waals surface area contributed by atoms with Gasteiger partial charge in [0.2, 0.25) is 11.7 Å². The van der Waals surface area contributed by atoms with Crippen LogP contribution in [0.15, 0.2) is 53.1 Å². The molecule has 0 radical (unpaired) electrons. The number of aromatic nitrogens is 4. The summed E-state index contributed by atoms with van der Waals surface area (Å²) in [7, 11) is 0. The van der Waals surface area contributed by atoms with Crippen LogP contribution in [0.25, 0.3) is 33.9 Å². The number of para-hydroxylation sites is 1. The largest absolute Gasteiger partial charge is 0.355 e. The predicted molar refractivity (Wildman–Crippen MR) is 102 cm³/mol. The number of nitrogens with zero attached hydrogens (tertiary/aromatic N) is 4. The molecule has 0 spiro atoms. The molecule has 2 heterocycles. The first kappa shape index (κ1) is 17.0. The maximum atomic E-state index is 12.0. The molecule has 0 atom stereocenters. The zero-order valence-corrected chi connectivity index (χ0v) is 15.1. The van der Waals surface area contributed by atoms with Crippen molar-refractivity contribution in [1.29, 1.82) is 0 Å². The molecule has 7 nitrogen and oxygen atoms in total. The minimum Gasteiger partial charge on any atom is -0.355 e. The lowest BCUT2D eigenvalue weighted by Crippen LogP contribution is -2.27. The summed E-state index contributed by atoms with van der Waals surface area (Å²) in [5, 5.41) is 12.3. The maximum Gasteiger partial charge on any atom is 0.279 e. The standard InChI is InChI=1S/C20H19N5O2/c1-3-21-17(26)12-25-16-7-5-4-6-15(16)18(23-25)20-22-19(24-27-20)14-10-8-13(2)9-11-14/h4-11H,3,12H2,1-2H3,(H,21,26). The minimum absolute atomic E-state index is 0.0943. The van der Waals surface area contributed by atoms with Gasteiger partial charge in [-0.25, -0.2) is 0 Å². The second-order valence-electron chi connectivity index (χ2n) is 6.27. The van der Waals surface area contributed by atoms with E-state index in [0.717, 1.165) is 22.0 Å². The van der Waals surface area contributed by atoms with Crippen molar-refractivity contribution >= 4 is 16.8 Å². The highest BCUT2D eigenvalue weighted by Crippen LogP contribution is 2.28. The van der Waals surface area contributed by atoms with Gasteiger partial charge < -0.3 is 9.84 Å². The molecule has 0 aliphatic carbocycles. The number of benzene rings is 2. The van der Waals surface area contributed by atoms with Crippen molar-refractivity contribution in [3.8, 4) is 23.0 Å². The van der Waals surface area contributed by atoms with Crippen molar-refractivity contribution in [3.63, 3.8) is 0 Å². The minimum atomic E-state index is -0.0943. The summed E-state index contributed by atoms with van der Waals surface area (Å²) in [6.45, 7) is 4.62. The molecule has 2 aromatic carbocycles. The summed E-state index contributed by atoms with van der Waals surface area (Å²) in [4.78, 5) is 16.5. The van der Waals surface area contributed by atoms with Gasteiger partial charge in [-0.2, -0.15) is 10.1 Å². The van der Waals surface area contributed by atoms with Crippen LogP contribution in [0.1, 0.15) is 12.5 Å². The Labute approximate surface area is 156 Å². The molecule has 1 N–H and O–H groups in total. The Morgan fingerprint density at radius 1 is 1.15 bits per heavy atom. The van der Waals surface area contributed by atoms with E-state index in [1.54, 1.807) is 4.68 Å². The highest BCUT2D eigenvalue weighted by molar-refractivity contribution is 5.92. The summed E-state index contributed by atoms with van der Waals surface area (Å²) >= 11 is 0. The lowest BCUT2D eigenvalue weighted by Gasteiger charge is -2.03. The number of hydrogen-bond acceptors (Lipinski definition) is 5. The van der Waals surface area contributed by atoms with E-state index >= 15 is 0 Å². The Kier molecular flexibility index (Phi) is 4.42. The van der Waals surface area contributed by atoms with Crippen LogP contribution in [0.5, 0.6) is 0 Å². The van der Waals surface area contributed by atoms with Crippen molar-refractivity contribution < 1.29 is 9.32 Å². The molecule has 4 rings (SSSR count). The van der Waals surface area contributed by atoms with Gasteiger partial charge in [-0.15, -0.1) is 0 Å². The molecule has 1 amide bonds. The normalized spacial score (nSPS) is 11.0. The van der Waals surface area contributed by atoms with E-state index in [-0.39, 0.29) is 12.5 Å². The number of nitrogens with one attached hydrogen (secondary N) is 1. The molecule has 0 saturated heterocycles. The number of rotatable bonds is 5. The molecule has 0 bridgehead atoms. The number of hydrogen-bond donors (Lipinski definition) is 1. The fourth-order valence-corrected chi connectivity index (χ4v) is 2.93. The van der Waals surface area contributed by atoms with Crippen LogP contribution in [0.3, 0.4) is 0 Å². The van der Waals surface area contributed by atoms with Gasteiger partial charge in [0.1, 0.15) is 6.54 Å². The van der Waals surface area contributed by atoms with Crippen LogP contribution >= 0.6 is 0 Å². The van der Waals surface area contributed by atoms with Crippen molar-refractivity contribution in [1.82, 2.24) is 25.2 Å². The van der Waals surface area contributed by atoms with Crippen LogP contribution < -0.4 is 5.32 Å². The van der Waals surface area contributed by atoms with Crippen LogP contribution in [-0.4, -0.2) is 32.4 Å². The number of carbonyl (C=O) groups is 1. The third kappa shape index (κ3) is 3.31. The highest BCUT2D eigenvalue weighted by atomic mass is 16.5. The summed E-state index contributed by atoms with van der Waals surface area (Å²) in [5.74, 6) is 0.743. The number of likely N-dealkylation sites (N-methyl/N-ethyl adjacent to an activating group) is 1. The Morgan fingerprint density at radius 3 is 2.70 bits per heavy atom. The summed E-state index contributed by atoms with van der Waals surface area (Å²) in [6, 6.07) is 15.6. The Hall–Kier alpha value is -3.48. The van der Waals surface area contributed by atoms with Gasteiger partial charge in [-0.1, -0.05) is 53.2 Å². The molecule has 4 aromatic rings. The van der Waals surface area contributed by atoms with Gasteiger partial charge in [-0.05, 0) is 19.9 Å². The van der Waals surface area contributed by atoms with Gasteiger partial charge in [0, 0.05) is 17.5 Å². The fraction of sp³-hybridized carbons (Fsp3) is 0.200. The second kappa shape index (κ2) is 7.03. The number of amides is 1. The van der Waals surface area contributed by atoms with Gasteiger partial charge in [0.25, 0.3) is 5.89 Å². The molecule has 0 aliphatic heterocycles. The zero-order chi connectivity index (χ0) is 18.8. The smallest absolute Gasteiger partial charge is 0.279 e. The second-order valence-corrected chi connectivity index (χ2v) is 6.27. The average Bonchev–Trinajstić information content (AvgIpc) is 3.28. The maximum absolute atomic E-state index is 12.0. The van der Waals surface area contributed by atoms with Gasteiger partial charge >= 0.3 is 0 Å². The SMILES string of the molecule is CCNC(=O)Cn1nc(-c2nc(-c3ccc(C)cc3)no2)c2ccccc21. The third-order valence-corrected chi connectivity index (χ3v) is 4.26. The van der Waals surface area contributed by atoms with Gasteiger partial charge in [0.15, 0.2) is 5.69 Å². The van der Waals surface area contributed by atoms with Crippen LogP contribution in [0, 0.1) is 6.92 Å². The molecule has 0 aliphatic rings. The van der Waals surface area contributed by atoms with E-state index in [4.69, 9.17) is 4.52 Å². The quantitative estimate of drug-likeness (QED) is 0.590. The lowest BCUT2D eigenvalue weighted by atomic mass is 10.1. The molecule has 27 heavy (non-hydrogen) atoms. The Bertz CT molecular complexity index is 1100. The monoisotopic (exact) mass is 361 g/mol. The summed E-state index contributed by atoms with van der Waals surface area (Å²) < 4.78 is 7.13. The van der Waals surface area contributed by atoms with E-state index in [9.17, 15) is 4.79 Å².